The zero-order chi connectivity index (χ0) is 24.9. The van der Waals surface area contributed by atoms with Gasteiger partial charge in [-0.25, -0.2) is 17.9 Å². The maximum absolute atomic E-state index is 12.9. The van der Waals surface area contributed by atoms with E-state index in [0.29, 0.717) is 20.3 Å². The molecule has 1 fully saturated rings. The van der Waals surface area contributed by atoms with Crippen LogP contribution in [0.1, 0.15) is 44.6 Å². The molecule has 0 radical (unpaired) electrons. The largest absolute Gasteiger partial charge is 0.507 e. The van der Waals surface area contributed by atoms with Gasteiger partial charge in [-0.3, -0.25) is 0 Å². The molecule has 0 spiro atoms. The van der Waals surface area contributed by atoms with Gasteiger partial charge in [-0.2, -0.15) is 0 Å². The van der Waals surface area contributed by atoms with Gasteiger partial charge >= 0.3 is 5.97 Å². The Labute approximate surface area is 214 Å². The number of hydrogen-bond acceptors (Lipinski definition) is 7. The van der Waals surface area contributed by atoms with Crippen LogP contribution in [-0.2, 0) is 19.7 Å². The maximum Gasteiger partial charge on any atom is 0.347 e. The van der Waals surface area contributed by atoms with Crippen molar-refractivity contribution in [2.75, 3.05) is 0 Å². The van der Waals surface area contributed by atoms with E-state index in [2.05, 4.69) is 41.7 Å². The zero-order valence-corrected chi connectivity index (χ0v) is 22.2. The number of benzene rings is 2. The second kappa shape index (κ2) is 11.5. The van der Waals surface area contributed by atoms with Crippen molar-refractivity contribution in [3.63, 3.8) is 0 Å². The smallest absolute Gasteiger partial charge is 0.347 e. The van der Waals surface area contributed by atoms with Crippen molar-refractivity contribution in [1.82, 2.24) is 4.72 Å². The summed E-state index contributed by atoms with van der Waals surface area (Å²) in [7, 11) is -3.93. The number of hydrogen-bond donors (Lipinski definition) is 3. The minimum Gasteiger partial charge on any atom is -0.507 e. The van der Waals surface area contributed by atoms with Crippen molar-refractivity contribution in [2.24, 2.45) is 5.16 Å². The van der Waals surface area contributed by atoms with E-state index < -0.39 is 22.1 Å². The SMILES string of the molecule is CC(O/N=C/c1cc(Br)c(Oc2ccc(O)c(S(=O)(=O)NC3CCCCC3)c2)c(Br)c1)C(=O)O. The van der Waals surface area contributed by atoms with Crippen LogP contribution in [0.15, 0.2) is 49.3 Å². The molecular weight excluding hydrogens is 596 g/mol. The molecule has 3 N–H and O–H groups in total. The summed E-state index contributed by atoms with van der Waals surface area (Å²) in [6, 6.07) is 7.19. The average Bonchev–Trinajstić information content (AvgIpc) is 2.77. The van der Waals surface area contributed by atoms with Crippen LogP contribution in [0.2, 0.25) is 0 Å². The number of carbonyl (C=O) groups is 1. The molecule has 2 aromatic carbocycles. The number of aromatic hydroxyl groups is 1. The van der Waals surface area contributed by atoms with Gasteiger partial charge in [0.1, 0.15) is 16.4 Å². The molecule has 0 saturated heterocycles. The van der Waals surface area contributed by atoms with Gasteiger partial charge in [-0.05, 0) is 81.5 Å². The molecule has 1 aliphatic rings. The Hall–Kier alpha value is -2.15. The van der Waals surface area contributed by atoms with Crippen LogP contribution in [0.25, 0.3) is 0 Å². The van der Waals surface area contributed by atoms with E-state index in [1.807, 2.05) is 0 Å². The number of aliphatic carboxylic acids is 1. The number of carboxylic acids is 1. The summed E-state index contributed by atoms with van der Waals surface area (Å²) in [5.41, 5.74) is 0.592. The number of ether oxygens (including phenoxy) is 1. The van der Waals surface area contributed by atoms with Crippen molar-refractivity contribution >= 4 is 54.1 Å². The standard InChI is InChI=1S/C22H24Br2N2O7S/c1-13(22(28)29)33-25-12-14-9-17(23)21(18(24)10-14)32-16-7-8-19(27)20(11-16)34(30,31)26-15-5-3-2-4-6-15/h7-13,15,26-27H,2-6H2,1H3,(H,28,29)/b25-12+. The fourth-order valence-corrected chi connectivity index (χ4v) is 6.17. The Morgan fingerprint density at radius 3 is 2.44 bits per heavy atom. The minimum absolute atomic E-state index is 0.150. The molecule has 0 bridgehead atoms. The van der Waals surface area contributed by atoms with Crippen LogP contribution in [-0.4, -0.2) is 43.0 Å². The van der Waals surface area contributed by atoms with Gasteiger partial charge in [-0.15, -0.1) is 0 Å². The topological polar surface area (TPSA) is 135 Å². The second-order valence-corrected chi connectivity index (χ2v) is 11.2. The molecule has 1 atom stereocenters. The lowest BCUT2D eigenvalue weighted by Gasteiger charge is -2.23. The first kappa shape index (κ1) is 26.5. The molecule has 3 rings (SSSR count). The van der Waals surface area contributed by atoms with Crippen molar-refractivity contribution in [2.45, 2.75) is 56.1 Å². The highest BCUT2D eigenvalue weighted by Gasteiger charge is 2.25. The number of nitrogens with zero attached hydrogens (tertiary/aromatic N) is 1. The number of oxime groups is 1. The highest BCUT2D eigenvalue weighted by molar-refractivity contribution is 9.11. The summed E-state index contributed by atoms with van der Waals surface area (Å²) in [6.45, 7) is 1.36. The van der Waals surface area contributed by atoms with Crippen molar-refractivity contribution in [1.29, 1.82) is 0 Å². The molecule has 34 heavy (non-hydrogen) atoms. The van der Waals surface area contributed by atoms with E-state index in [-0.39, 0.29) is 22.4 Å². The molecule has 1 unspecified atom stereocenters. The molecular formula is C22H24Br2N2O7S. The number of halogens is 2. The summed E-state index contributed by atoms with van der Waals surface area (Å²) < 4.78 is 35.4. The lowest BCUT2D eigenvalue weighted by Crippen LogP contribution is -2.36. The van der Waals surface area contributed by atoms with Gasteiger partial charge in [0.15, 0.2) is 5.75 Å². The molecule has 9 nitrogen and oxygen atoms in total. The molecule has 184 valence electrons. The number of phenolic OH excluding ortho intramolecular Hbond substituents is 1. The van der Waals surface area contributed by atoms with E-state index in [4.69, 9.17) is 14.7 Å². The molecule has 0 aliphatic heterocycles. The van der Waals surface area contributed by atoms with E-state index in [0.717, 1.165) is 32.1 Å². The summed E-state index contributed by atoms with van der Waals surface area (Å²) in [6.07, 6.45) is 4.83. The molecule has 1 saturated carbocycles. The molecule has 2 aromatic rings. The third kappa shape index (κ3) is 6.94. The Bertz CT molecular complexity index is 1160. The van der Waals surface area contributed by atoms with Crippen LogP contribution in [0, 0.1) is 0 Å². The molecule has 0 amide bonds. The second-order valence-electron chi connectivity index (χ2n) is 7.82. The van der Waals surface area contributed by atoms with Gasteiger partial charge in [0.25, 0.3) is 0 Å². The van der Waals surface area contributed by atoms with Crippen molar-refractivity contribution in [3.05, 3.63) is 44.8 Å². The highest BCUT2D eigenvalue weighted by atomic mass is 79.9. The van der Waals surface area contributed by atoms with Crippen molar-refractivity contribution < 1.29 is 33.0 Å². The minimum atomic E-state index is -3.93. The van der Waals surface area contributed by atoms with E-state index in [1.165, 1.54) is 31.3 Å². The first-order chi connectivity index (χ1) is 16.1. The lowest BCUT2D eigenvalue weighted by atomic mass is 9.96. The van der Waals surface area contributed by atoms with Gasteiger partial charge in [-0.1, -0.05) is 24.4 Å². The molecule has 12 heteroatoms. The summed E-state index contributed by atoms with van der Waals surface area (Å²) in [4.78, 5) is 15.4. The fraction of sp³-hybridized carbons (Fsp3) is 0.364. The Morgan fingerprint density at radius 2 is 1.82 bits per heavy atom. The van der Waals surface area contributed by atoms with E-state index >= 15 is 0 Å². The zero-order valence-electron chi connectivity index (χ0n) is 18.2. The normalized spacial score (nSPS) is 15.9. The lowest BCUT2D eigenvalue weighted by molar-refractivity contribution is -0.149. The van der Waals surface area contributed by atoms with E-state index in [1.54, 1.807) is 12.1 Å². The summed E-state index contributed by atoms with van der Waals surface area (Å²) in [5.74, 6) is -0.919. The van der Waals surface area contributed by atoms with Crippen LogP contribution >= 0.6 is 31.9 Å². The van der Waals surface area contributed by atoms with E-state index in [9.17, 15) is 18.3 Å². The Morgan fingerprint density at radius 1 is 1.18 bits per heavy atom. The summed E-state index contributed by atoms with van der Waals surface area (Å²) >= 11 is 6.81. The van der Waals surface area contributed by atoms with Crippen molar-refractivity contribution in [3.8, 4) is 17.2 Å². The number of phenols is 1. The Kier molecular flexibility index (Phi) is 8.96. The quantitative estimate of drug-likeness (QED) is 0.261. The fourth-order valence-electron chi connectivity index (χ4n) is 3.37. The third-order valence-corrected chi connectivity index (χ3v) is 7.88. The maximum atomic E-state index is 12.9. The van der Waals surface area contributed by atoms with Crippen LogP contribution < -0.4 is 9.46 Å². The molecule has 0 aromatic heterocycles. The third-order valence-electron chi connectivity index (χ3n) is 5.16. The predicted octanol–water partition coefficient (Wildman–Crippen LogP) is 5.14. The monoisotopic (exact) mass is 618 g/mol. The highest BCUT2D eigenvalue weighted by Crippen LogP contribution is 2.39. The van der Waals surface area contributed by atoms with Gasteiger partial charge in [0, 0.05) is 12.1 Å². The number of nitrogens with one attached hydrogen (secondary N) is 1. The van der Waals surface area contributed by atoms with Crippen LogP contribution in [0.3, 0.4) is 0 Å². The predicted molar refractivity (Wildman–Crippen MR) is 133 cm³/mol. The first-order valence-corrected chi connectivity index (χ1v) is 13.6. The van der Waals surface area contributed by atoms with Gasteiger partial charge in [0.05, 0.1) is 15.2 Å². The molecule has 0 heterocycles. The summed E-state index contributed by atoms with van der Waals surface area (Å²) in [5, 5.41) is 22.7. The first-order valence-electron chi connectivity index (χ1n) is 10.5. The van der Waals surface area contributed by atoms with Crippen LogP contribution in [0.4, 0.5) is 0 Å². The number of rotatable bonds is 9. The van der Waals surface area contributed by atoms with Gasteiger partial charge in [0.2, 0.25) is 16.1 Å². The number of sulfonamides is 1. The van der Waals surface area contributed by atoms with Gasteiger partial charge < -0.3 is 19.8 Å². The van der Waals surface area contributed by atoms with Crippen LogP contribution in [0.5, 0.6) is 17.2 Å². The number of carboxylic acid groups (broad SMARTS) is 1. The Balaban J connectivity index is 1.79. The average molecular weight is 620 g/mol. The molecule has 1 aliphatic carbocycles.